The quantitative estimate of drug-likeness (QED) is 0.491. The summed E-state index contributed by atoms with van der Waals surface area (Å²) in [4.78, 5) is 13.5. The highest BCUT2D eigenvalue weighted by atomic mass is 32.1. The molecule has 4 aromatic rings. The van der Waals surface area contributed by atoms with Crippen LogP contribution in [-0.4, -0.2) is 68.4 Å². The summed E-state index contributed by atoms with van der Waals surface area (Å²) in [6, 6.07) is 8.26. The topological polar surface area (TPSA) is 71.7 Å². The normalized spacial score (nSPS) is 18.1. The lowest BCUT2D eigenvalue weighted by Gasteiger charge is -2.38. The zero-order valence-electron chi connectivity index (χ0n) is 17.0. The van der Waals surface area contributed by atoms with Crippen LogP contribution in [-0.2, 0) is 6.54 Å². The van der Waals surface area contributed by atoms with Gasteiger partial charge in [0.2, 0.25) is 5.88 Å². The molecule has 9 heteroatoms. The van der Waals surface area contributed by atoms with E-state index in [1.54, 1.807) is 18.4 Å². The van der Waals surface area contributed by atoms with Crippen LogP contribution < -0.4 is 4.74 Å². The zero-order chi connectivity index (χ0) is 20.5. The van der Waals surface area contributed by atoms with Crippen LogP contribution in [0.5, 0.6) is 5.88 Å². The maximum atomic E-state index is 5.15. The Balaban J connectivity index is 1.40. The molecule has 154 valence electrons. The van der Waals surface area contributed by atoms with Crippen molar-refractivity contribution in [3.63, 3.8) is 0 Å². The number of methoxy groups -OCH3 is 1. The average Bonchev–Trinajstić information content (AvgIpc) is 3.44. The fourth-order valence-corrected chi connectivity index (χ4v) is 4.54. The van der Waals surface area contributed by atoms with Crippen molar-refractivity contribution in [2.24, 2.45) is 0 Å². The van der Waals surface area contributed by atoms with Crippen LogP contribution in [0.4, 0.5) is 0 Å². The highest BCUT2D eigenvalue weighted by molar-refractivity contribution is 7.09. The Bertz CT molecular complexity index is 1130. The van der Waals surface area contributed by atoms with Gasteiger partial charge in [0.15, 0.2) is 0 Å². The van der Waals surface area contributed by atoms with Crippen LogP contribution in [0.15, 0.2) is 48.2 Å². The van der Waals surface area contributed by atoms with Crippen LogP contribution in [0.3, 0.4) is 0 Å². The third-order valence-electron chi connectivity index (χ3n) is 5.61. The van der Waals surface area contributed by atoms with Crippen molar-refractivity contribution in [3.8, 4) is 17.0 Å². The van der Waals surface area contributed by atoms with E-state index in [1.807, 2.05) is 40.6 Å². The number of aromatic nitrogens is 5. The van der Waals surface area contributed by atoms with Crippen LogP contribution in [0.2, 0.25) is 0 Å². The van der Waals surface area contributed by atoms with E-state index in [0.29, 0.717) is 5.88 Å². The van der Waals surface area contributed by atoms with Crippen molar-refractivity contribution in [2.45, 2.75) is 12.6 Å². The van der Waals surface area contributed by atoms with Crippen LogP contribution in [0.25, 0.3) is 16.6 Å². The van der Waals surface area contributed by atoms with E-state index in [0.717, 1.165) is 53.5 Å². The van der Waals surface area contributed by atoms with Gasteiger partial charge in [-0.2, -0.15) is 0 Å². The third kappa shape index (κ3) is 3.67. The molecule has 1 atom stereocenters. The minimum Gasteiger partial charge on any atom is -0.481 e. The van der Waals surface area contributed by atoms with Gasteiger partial charge in [0.1, 0.15) is 10.7 Å². The maximum Gasteiger partial charge on any atom is 0.212 e. The number of piperazine rings is 1. The number of fused-ring (bicyclic) bond motifs is 1. The molecule has 1 aliphatic heterocycles. The minimum atomic E-state index is 0.199. The van der Waals surface area contributed by atoms with E-state index in [1.165, 1.54) is 0 Å². The van der Waals surface area contributed by atoms with Crippen LogP contribution >= 0.6 is 11.3 Å². The Kier molecular flexibility index (Phi) is 5.16. The van der Waals surface area contributed by atoms with Gasteiger partial charge < -0.3 is 4.74 Å². The monoisotopic (exact) mass is 421 g/mol. The van der Waals surface area contributed by atoms with Crippen LogP contribution in [0, 0.1) is 0 Å². The highest BCUT2D eigenvalue weighted by Crippen LogP contribution is 2.28. The van der Waals surface area contributed by atoms with Crippen LogP contribution in [0.1, 0.15) is 16.7 Å². The predicted molar refractivity (Wildman–Crippen MR) is 116 cm³/mol. The van der Waals surface area contributed by atoms with Gasteiger partial charge in [-0.05, 0) is 19.2 Å². The number of thiazole rings is 1. The molecule has 0 N–H and O–H groups in total. The van der Waals surface area contributed by atoms with Crippen molar-refractivity contribution in [3.05, 3.63) is 58.9 Å². The number of likely N-dealkylation sites (N-methyl/N-ethyl adjacent to an activating group) is 1. The fourth-order valence-electron chi connectivity index (χ4n) is 3.89. The molecule has 5 heterocycles. The second kappa shape index (κ2) is 8.10. The van der Waals surface area contributed by atoms with Crippen molar-refractivity contribution >= 4 is 16.9 Å². The van der Waals surface area contributed by atoms with Gasteiger partial charge >= 0.3 is 0 Å². The molecular weight excluding hydrogens is 398 g/mol. The van der Waals surface area contributed by atoms with Crippen molar-refractivity contribution in [2.75, 3.05) is 33.8 Å². The van der Waals surface area contributed by atoms with Gasteiger partial charge in [0.05, 0.1) is 25.2 Å². The molecule has 1 saturated heterocycles. The summed E-state index contributed by atoms with van der Waals surface area (Å²) in [5.41, 5.74) is 4.10. The van der Waals surface area contributed by atoms with Crippen molar-refractivity contribution in [1.29, 1.82) is 0 Å². The van der Waals surface area contributed by atoms with Gasteiger partial charge in [-0.15, -0.1) is 16.4 Å². The summed E-state index contributed by atoms with van der Waals surface area (Å²) in [5.74, 6) is 0.602. The van der Waals surface area contributed by atoms with E-state index >= 15 is 0 Å². The van der Waals surface area contributed by atoms with Crippen molar-refractivity contribution < 1.29 is 4.74 Å². The largest absolute Gasteiger partial charge is 0.481 e. The highest BCUT2D eigenvalue weighted by Gasteiger charge is 2.29. The number of hydrogen-bond donors (Lipinski definition) is 0. The fraction of sp³-hybridized carbons (Fsp3) is 0.333. The second-order valence-corrected chi connectivity index (χ2v) is 8.45. The predicted octanol–water partition coefficient (Wildman–Crippen LogP) is 2.75. The molecule has 1 aliphatic rings. The molecule has 4 aromatic heterocycles. The first-order chi connectivity index (χ1) is 14.7. The van der Waals surface area contributed by atoms with E-state index in [9.17, 15) is 0 Å². The Morgan fingerprint density at radius 2 is 2.03 bits per heavy atom. The number of rotatable bonds is 5. The summed E-state index contributed by atoms with van der Waals surface area (Å²) in [5, 5.41) is 12.2. The maximum absolute atomic E-state index is 5.15. The summed E-state index contributed by atoms with van der Waals surface area (Å²) in [7, 11) is 3.78. The van der Waals surface area contributed by atoms with Gasteiger partial charge in [0.25, 0.3) is 0 Å². The molecule has 0 saturated carbocycles. The number of hydrogen-bond acceptors (Lipinski definition) is 8. The summed E-state index contributed by atoms with van der Waals surface area (Å²) < 4.78 is 7.01. The lowest BCUT2D eigenvalue weighted by Crippen LogP contribution is -2.46. The van der Waals surface area contributed by atoms with Gasteiger partial charge in [0, 0.05) is 60.8 Å². The molecule has 0 radical (unpaired) electrons. The Morgan fingerprint density at radius 3 is 2.80 bits per heavy atom. The zero-order valence-corrected chi connectivity index (χ0v) is 17.8. The molecular formula is C21H23N7OS. The molecule has 0 aromatic carbocycles. The first kappa shape index (κ1) is 19.1. The lowest BCUT2D eigenvalue weighted by molar-refractivity contribution is 0.0889. The summed E-state index contributed by atoms with van der Waals surface area (Å²) >= 11 is 1.71. The molecule has 0 unspecified atom stereocenters. The molecule has 1 fully saturated rings. The van der Waals surface area contributed by atoms with Gasteiger partial charge in [-0.25, -0.2) is 14.5 Å². The smallest absolute Gasteiger partial charge is 0.212 e. The molecule has 30 heavy (non-hydrogen) atoms. The van der Waals surface area contributed by atoms with E-state index in [2.05, 4.69) is 49.3 Å². The van der Waals surface area contributed by atoms with Crippen molar-refractivity contribution in [1.82, 2.24) is 34.6 Å². The molecule has 0 amide bonds. The van der Waals surface area contributed by atoms with E-state index in [-0.39, 0.29) is 6.04 Å². The minimum absolute atomic E-state index is 0.199. The molecule has 0 aliphatic carbocycles. The van der Waals surface area contributed by atoms with Gasteiger partial charge in [-0.3, -0.25) is 9.80 Å². The molecule has 0 bridgehead atoms. The molecule has 8 nitrogen and oxygen atoms in total. The summed E-state index contributed by atoms with van der Waals surface area (Å²) in [6.45, 7) is 3.81. The number of pyridine rings is 2. The lowest BCUT2D eigenvalue weighted by atomic mass is 10.1. The summed E-state index contributed by atoms with van der Waals surface area (Å²) in [6.07, 6.45) is 5.69. The van der Waals surface area contributed by atoms with E-state index < -0.39 is 0 Å². The number of nitrogens with zero attached hydrogens (tertiary/aromatic N) is 7. The Labute approximate surface area is 178 Å². The SMILES string of the molecule is COc1ccc(-c2ccc3c([C@@H]4CN(Cc5nccs5)CCN4C)nnn3c2)cn1. The Hall–Kier alpha value is -2.88. The van der Waals surface area contributed by atoms with Gasteiger partial charge in [-0.1, -0.05) is 11.3 Å². The Morgan fingerprint density at radius 1 is 1.13 bits per heavy atom. The first-order valence-corrected chi connectivity index (χ1v) is 10.8. The van der Waals surface area contributed by atoms with E-state index in [4.69, 9.17) is 4.74 Å². The standard InChI is InChI=1S/C21H23N7OS/c1-26-8-9-27(14-20-22-7-10-30-20)13-18(26)21-17-5-3-16(12-28(17)25-24-21)15-4-6-19(29-2)23-11-15/h3-7,10-12,18H,8-9,13-14H2,1-2H3/t18-/m0/s1. The average molecular weight is 422 g/mol. The molecule has 0 spiro atoms. The molecule has 5 rings (SSSR count). The first-order valence-electron chi connectivity index (χ1n) is 9.87. The second-order valence-electron chi connectivity index (χ2n) is 7.47. The number of ether oxygens (including phenoxy) is 1. The third-order valence-corrected chi connectivity index (χ3v) is 6.37.